The summed E-state index contributed by atoms with van der Waals surface area (Å²) < 4.78 is 4.88. The van der Waals surface area contributed by atoms with E-state index in [0.717, 1.165) is 27.7 Å². The molecule has 6 heteroatoms. The Morgan fingerprint density at radius 2 is 1.96 bits per heavy atom. The van der Waals surface area contributed by atoms with Crippen molar-refractivity contribution in [1.29, 1.82) is 0 Å². The van der Waals surface area contributed by atoms with Crippen molar-refractivity contribution in [3.63, 3.8) is 0 Å². The van der Waals surface area contributed by atoms with Gasteiger partial charge >= 0.3 is 6.09 Å². The summed E-state index contributed by atoms with van der Waals surface area (Å²) >= 11 is 3.59. The molecule has 0 fully saturated rings. The lowest BCUT2D eigenvalue weighted by molar-refractivity contribution is 0.152. The van der Waals surface area contributed by atoms with Crippen molar-refractivity contribution in [3.8, 4) is 0 Å². The summed E-state index contributed by atoms with van der Waals surface area (Å²) in [6.07, 6.45) is -0.541. The van der Waals surface area contributed by atoms with Crippen LogP contribution in [0.2, 0.25) is 0 Å². The number of nitrogens with one attached hydrogen (secondary N) is 1. The van der Waals surface area contributed by atoms with Gasteiger partial charge in [-0.25, -0.2) is 10.2 Å². The van der Waals surface area contributed by atoms with Crippen LogP contribution >= 0.6 is 23.1 Å². The van der Waals surface area contributed by atoms with E-state index in [2.05, 4.69) is 29.6 Å². The molecule has 1 amide bonds. The second-order valence-electron chi connectivity index (χ2n) is 5.06. The highest BCUT2D eigenvalue weighted by molar-refractivity contribution is 7.98. The minimum absolute atomic E-state index is 0.318. The number of benzene rings is 1. The molecule has 0 atom stereocenters. The Bertz CT molecular complexity index is 693. The maximum Gasteiger partial charge on any atom is 0.427 e. The lowest BCUT2D eigenvalue weighted by Gasteiger charge is -2.06. The molecule has 1 N–H and O–H groups in total. The van der Waals surface area contributed by atoms with Gasteiger partial charge in [-0.1, -0.05) is 36.8 Å². The van der Waals surface area contributed by atoms with Gasteiger partial charge < -0.3 is 4.74 Å². The van der Waals surface area contributed by atoms with Crippen molar-refractivity contribution in [2.75, 3.05) is 12.4 Å². The summed E-state index contributed by atoms with van der Waals surface area (Å²) in [5.74, 6) is 2.09. The van der Waals surface area contributed by atoms with Crippen molar-refractivity contribution in [2.45, 2.75) is 26.5 Å². The van der Waals surface area contributed by atoms with E-state index in [9.17, 15) is 4.79 Å². The number of rotatable bonds is 7. The minimum atomic E-state index is -0.541. The van der Waals surface area contributed by atoms with E-state index < -0.39 is 6.09 Å². The maximum absolute atomic E-state index is 11.6. The number of nitrogens with zero attached hydrogens (tertiary/aromatic N) is 1. The van der Waals surface area contributed by atoms with Gasteiger partial charge in [0.05, 0.1) is 11.5 Å². The molecule has 0 radical (unpaired) electrons. The van der Waals surface area contributed by atoms with E-state index >= 15 is 0 Å². The van der Waals surface area contributed by atoms with Crippen molar-refractivity contribution < 1.29 is 9.53 Å². The topological polar surface area (TPSA) is 50.7 Å². The molecule has 0 saturated heterocycles. The quantitative estimate of drug-likeness (QED) is 0.568. The highest BCUT2D eigenvalue weighted by Gasteiger charge is 2.12. The Kier molecular flexibility index (Phi) is 7.34. The van der Waals surface area contributed by atoms with Crippen molar-refractivity contribution >= 4 is 34.9 Å². The average molecular weight is 363 g/mol. The van der Waals surface area contributed by atoms with Crippen LogP contribution in [0.4, 0.5) is 4.79 Å². The van der Waals surface area contributed by atoms with Crippen LogP contribution in [0.5, 0.6) is 0 Å². The third-order valence-corrected chi connectivity index (χ3v) is 5.40. The minimum Gasteiger partial charge on any atom is -0.449 e. The fourth-order valence-corrected chi connectivity index (χ4v) is 3.83. The molecule has 4 nitrogen and oxygen atoms in total. The second kappa shape index (κ2) is 9.49. The van der Waals surface area contributed by atoms with E-state index in [1.165, 1.54) is 10.4 Å². The molecule has 0 aliphatic rings. The Labute approximate surface area is 151 Å². The first-order valence-corrected chi connectivity index (χ1v) is 9.85. The Morgan fingerprint density at radius 1 is 1.21 bits per heavy atom. The molecule has 128 valence electrons. The van der Waals surface area contributed by atoms with Crippen molar-refractivity contribution in [2.24, 2.45) is 5.10 Å². The van der Waals surface area contributed by atoms with Crippen LogP contribution in [0.1, 0.15) is 34.7 Å². The van der Waals surface area contributed by atoms with Crippen LogP contribution in [0, 0.1) is 6.92 Å². The van der Waals surface area contributed by atoms with Gasteiger partial charge in [0.1, 0.15) is 5.71 Å². The number of ether oxygens (including phenoxy) is 1. The summed E-state index contributed by atoms with van der Waals surface area (Å²) in [4.78, 5) is 13.9. The van der Waals surface area contributed by atoms with Gasteiger partial charge in [-0.15, -0.1) is 11.3 Å². The van der Waals surface area contributed by atoms with E-state index in [1.54, 1.807) is 18.3 Å². The zero-order valence-corrected chi connectivity index (χ0v) is 15.8. The first-order valence-electron chi connectivity index (χ1n) is 7.88. The zero-order chi connectivity index (χ0) is 17.4. The Balaban J connectivity index is 2.28. The number of thiophene rings is 1. The van der Waals surface area contributed by atoms with Gasteiger partial charge in [0.15, 0.2) is 0 Å². The molecule has 1 aromatic carbocycles. The van der Waals surface area contributed by atoms with Gasteiger partial charge in [0.25, 0.3) is 0 Å². The largest absolute Gasteiger partial charge is 0.449 e. The van der Waals surface area contributed by atoms with Crippen LogP contribution in [0.15, 0.2) is 41.5 Å². The summed E-state index contributed by atoms with van der Waals surface area (Å²) in [5.41, 5.74) is 5.38. The molecule has 24 heavy (non-hydrogen) atoms. The van der Waals surface area contributed by atoms with E-state index in [-0.39, 0.29) is 0 Å². The number of thioether (sulfide) groups is 1. The van der Waals surface area contributed by atoms with Gasteiger partial charge in [-0.05, 0) is 31.7 Å². The highest BCUT2D eigenvalue weighted by Crippen LogP contribution is 2.24. The number of hydrogen-bond donors (Lipinski definition) is 1. The van der Waals surface area contributed by atoms with Crippen LogP contribution in [-0.2, 0) is 10.5 Å². The van der Waals surface area contributed by atoms with Gasteiger partial charge in [-0.3, -0.25) is 0 Å². The average Bonchev–Trinajstić information content (AvgIpc) is 3.03. The lowest BCUT2D eigenvalue weighted by atomic mass is 10.1. The van der Waals surface area contributed by atoms with Crippen LogP contribution < -0.4 is 5.43 Å². The van der Waals surface area contributed by atoms with E-state index in [4.69, 9.17) is 4.74 Å². The third-order valence-electron chi connectivity index (χ3n) is 3.20. The number of carbonyl (C=O) groups is 1. The standard InChI is InChI=1S/C18H22N2O2S2/c1-4-22-18(21)20-19-17(14-8-6-13(3)7-9-14)16-11-10-15(24-16)12-23-5-2/h6-11H,4-5,12H2,1-3H3,(H,20,21). The van der Waals surface area contributed by atoms with Crippen LogP contribution in [0.3, 0.4) is 0 Å². The number of amides is 1. The molecule has 0 spiro atoms. The molecule has 0 saturated carbocycles. The Hall–Kier alpha value is -1.79. The lowest BCUT2D eigenvalue weighted by Crippen LogP contribution is -2.21. The fraction of sp³-hybridized carbons (Fsp3) is 0.333. The fourth-order valence-electron chi connectivity index (χ4n) is 2.02. The molecule has 2 rings (SSSR count). The first-order chi connectivity index (χ1) is 11.6. The highest BCUT2D eigenvalue weighted by atomic mass is 32.2. The van der Waals surface area contributed by atoms with Crippen molar-refractivity contribution in [3.05, 3.63) is 57.3 Å². The van der Waals surface area contributed by atoms with E-state index in [0.29, 0.717) is 6.61 Å². The van der Waals surface area contributed by atoms with Crippen LogP contribution in [-0.4, -0.2) is 24.2 Å². The number of aryl methyl sites for hydroxylation is 1. The summed E-state index contributed by atoms with van der Waals surface area (Å²) in [7, 11) is 0. The van der Waals surface area contributed by atoms with Crippen LogP contribution in [0.25, 0.3) is 0 Å². The van der Waals surface area contributed by atoms with Gasteiger partial charge in [0.2, 0.25) is 0 Å². The molecular weight excluding hydrogens is 340 g/mol. The maximum atomic E-state index is 11.6. The Morgan fingerprint density at radius 3 is 2.62 bits per heavy atom. The summed E-state index contributed by atoms with van der Waals surface area (Å²) in [6, 6.07) is 12.3. The molecule has 0 aliphatic carbocycles. The second-order valence-corrected chi connectivity index (χ2v) is 7.50. The van der Waals surface area contributed by atoms with Gasteiger partial charge in [-0.2, -0.15) is 16.9 Å². The summed E-state index contributed by atoms with van der Waals surface area (Å²) in [6.45, 7) is 6.28. The molecule has 2 aromatic rings. The molecule has 1 heterocycles. The van der Waals surface area contributed by atoms with Crippen molar-refractivity contribution in [1.82, 2.24) is 5.43 Å². The van der Waals surface area contributed by atoms with Gasteiger partial charge in [0, 0.05) is 16.2 Å². The smallest absolute Gasteiger partial charge is 0.427 e. The monoisotopic (exact) mass is 362 g/mol. The first kappa shape index (κ1) is 18.5. The third kappa shape index (κ3) is 5.39. The number of hydrogen-bond acceptors (Lipinski definition) is 5. The number of carbonyl (C=O) groups excluding carboxylic acids is 1. The normalized spacial score (nSPS) is 11.4. The molecule has 1 aromatic heterocycles. The molecular formula is C18H22N2O2S2. The van der Waals surface area contributed by atoms with E-state index in [1.807, 2.05) is 43.0 Å². The summed E-state index contributed by atoms with van der Waals surface area (Å²) in [5, 5.41) is 4.30. The SMILES string of the molecule is CCOC(=O)NN=C(c1ccc(C)cc1)c1ccc(CSCC)s1. The molecule has 0 aliphatic heterocycles. The molecule has 0 unspecified atom stereocenters. The number of hydrazone groups is 1. The predicted octanol–water partition coefficient (Wildman–Crippen LogP) is 4.81. The zero-order valence-electron chi connectivity index (χ0n) is 14.2. The molecule has 0 bridgehead atoms. The predicted molar refractivity (Wildman–Crippen MR) is 103 cm³/mol.